The summed E-state index contributed by atoms with van der Waals surface area (Å²) in [5, 5.41) is 8.06. The third kappa shape index (κ3) is 1.37. The number of nitrogens with zero attached hydrogens (tertiary/aromatic N) is 3. The molecule has 2 aromatic heterocycles. The molecule has 5 nitrogen and oxygen atoms in total. The van der Waals surface area contributed by atoms with Gasteiger partial charge in [0.15, 0.2) is 5.76 Å². The van der Waals surface area contributed by atoms with Crippen LogP contribution in [0.5, 0.6) is 0 Å². The number of hydrogen-bond acceptors (Lipinski definition) is 4. The van der Waals surface area contributed by atoms with Crippen LogP contribution >= 0.6 is 0 Å². The molecule has 2 N–H and O–H groups in total. The monoisotopic (exact) mass is 192 g/mol. The molecule has 0 bridgehead atoms. The lowest BCUT2D eigenvalue weighted by molar-refractivity contribution is 0.425. The lowest BCUT2D eigenvalue weighted by Crippen LogP contribution is -2.01. The molecule has 74 valence electrons. The third-order valence-corrected chi connectivity index (χ3v) is 1.99. The minimum Gasteiger partial charge on any atom is -0.384 e. The van der Waals surface area contributed by atoms with Gasteiger partial charge in [-0.25, -0.2) is 4.68 Å². The van der Waals surface area contributed by atoms with Crippen molar-refractivity contribution >= 4 is 5.82 Å². The summed E-state index contributed by atoms with van der Waals surface area (Å²) in [5.74, 6) is 1.29. The molecule has 2 heterocycles. The van der Waals surface area contributed by atoms with Gasteiger partial charge in [0.25, 0.3) is 0 Å². The van der Waals surface area contributed by atoms with Crippen LogP contribution in [0, 0.1) is 6.92 Å². The Morgan fingerprint density at radius 1 is 1.50 bits per heavy atom. The van der Waals surface area contributed by atoms with E-state index in [1.807, 2.05) is 19.9 Å². The Morgan fingerprint density at radius 3 is 2.79 bits per heavy atom. The van der Waals surface area contributed by atoms with Crippen LogP contribution in [-0.4, -0.2) is 14.9 Å². The van der Waals surface area contributed by atoms with Crippen LogP contribution in [0.3, 0.4) is 0 Å². The molecule has 0 radical (unpaired) electrons. The van der Waals surface area contributed by atoms with Crippen LogP contribution in [0.25, 0.3) is 11.5 Å². The van der Waals surface area contributed by atoms with Crippen molar-refractivity contribution in [3.63, 3.8) is 0 Å². The summed E-state index contributed by atoms with van der Waals surface area (Å²) in [5.41, 5.74) is 7.30. The van der Waals surface area contributed by atoms with Crippen molar-refractivity contribution in [2.24, 2.45) is 0 Å². The fraction of sp³-hybridized carbons (Fsp3) is 0.333. The molecule has 2 rings (SSSR count). The number of anilines is 1. The molecule has 0 atom stereocenters. The number of hydrogen-bond donors (Lipinski definition) is 1. The highest BCUT2D eigenvalue weighted by molar-refractivity contribution is 5.56. The summed E-state index contributed by atoms with van der Waals surface area (Å²) in [6.07, 6.45) is 0. The van der Waals surface area contributed by atoms with Crippen LogP contribution in [0.2, 0.25) is 0 Å². The van der Waals surface area contributed by atoms with Crippen molar-refractivity contribution < 1.29 is 4.52 Å². The minimum absolute atomic E-state index is 0.636. The van der Waals surface area contributed by atoms with Gasteiger partial charge in [-0.15, -0.1) is 0 Å². The molecular formula is C9H12N4O. The Kier molecular flexibility index (Phi) is 1.99. The van der Waals surface area contributed by atoms with Crippen molar-refractivity contribution in [2.75, 3.05) is 5.73 Å². The van der Waals surface area contributed by atoms with Crippen molar-refractivity contribution in [2.45, 2.75) is 20.4 Å². The Labute approximate surface area is 81.5 Å². The Balaban J connectivity index is 2.42. The van der Waals surface area contributed by atoms with E-state index in [0.717, 1.165) is 17.9 Å². The van der Waals surface area contributed by atoms with Gasteiger partial charge in [0.2, 0.25) is 0 Å². The van der Waals surface area contributed by atoms with Crippen LogP contribution in [0.1, 0.15) is 12.6 Å². The summed E-state index contributed by atoms with van der Waals surface area (Å²) in [7, 11) is 0. The Hall–Kier alpha value is -1.78. The van der Waals surface area contributed by atoms with Gasteiger partial charge < -0.3 is 10.3 Å². The van der Waals surface area contributed by atoms with E-state index >= 15 is 0 Å². The molecule has 0 spiro atoms. The quantitative estimate of drug-likeness (QED) is 0.781. The molecule has 0 aliphatic carbocycles. The van der Waals surface area contributed by atoms with Crippen LogP contribution in [-0.2, 0) is 6.54 Å². The molecule has 0 aromatic carbocycles. The normalized spacial score (nSPS) is 10.7. The van der Waals surface area contributed by atoms with Crippen LogP contribution in [0.4, 0.5) is 5.82 Å². The van der Waals surface area contributed by atoms with Gasteiger partial charge in [0, 0.05) is 18.7 Å². The summed E-state index contributed by atoms with van der Waals surface area (Å²) in [6, 6.07) is 3.62. The molecule has 2 aromatic rings. The first-order chi connectivity index (χ1) is 6.70. The standard InChI is InChI=1S/C9H12N4O/c1-3-13-9(10)5-7(11-13)8-4-6(2)12-14-8/h4-5H,3,10H2,1-2H3. The van der Waals surface area contributed by atoms with Crippen molar-refractivity contribution in [3.8, 4) is 11.5 Å². The fourth-order valence-corrected chi connectivity index (χ4v) is 1.29. The predicted octanol–water partition coefficient (Wildman–Crippen LogP) is 1.45. The second-order valence-electron chi connectivity index (χ2n) is 3.10. The van der Waals surface area contributed by atoms with E-state index < -0.39 is 0 Å². The lowest BCUT2D eigenvalue weighted by Gasteiger charge is -1.95. The minimum atomic E-state index is 0.636. The average Bonchev–Trinajstić information content (AvgIpc) is 2.71. The average molecular weight is 192 g/mol. The van der Waals surface area contributed by atoms with E-state index in [1.54, 1.807) is 10.7 Å². The Morgan fingerprint density at radius 2 is 2.29 bits per heavy atom. The van der Waals surface area contributed by atoms with Gasteiger partial charge in [-0.3, -0.25) is 0 Å². The van der Waals surface area contributed by atoms with E-state index in [1.165, 1.54) is 0 Å². The van der Waals surface area contributed by atoms with E-state index in [9.17, 15) is 0 Å². The van der Waals surface area contributed by atoms with Gasteiger partial charge in [0.1, 0.15) is 11.5 Å². The molecule has 0 aliphatic rings. The van der Waals surface area contributed by atoms with Gasteiger partial charge in [-0.1, -0.05) is 5.16 Å². The molecular weight excluding hydrogens is 180 g/mol. The number of rotatable bonds is 2. The zero-order valence-corrected chi connectivity index (χ0v) is 8.19. The summed E-state index contributed by atoms with van der Waals surface area (Å²) >= 11 is 0. The van der Waals surface area contributed by atoms with Crippen molar-refractivity contribution in [1.82, 2.24) is 14.9 Å². The van der Waals surface area contributed by atoms with Crippen LogP contribution < -0.4 is 5.73 Å². The Bertz CT molecular complexity index is 443. The first-order valence-corrected chi connectivity index (χ1v) is 4.47. The van der Waals surface area contributed by atoms with E-state index in [2.05, 4.69) is 10.3 Å². The SMILES string of the molecule is CCn1nc(-c2cc(C)no2)cc1N. The zero-order valence-electron chi connectivity index (χ0n) is 8.19. The van der Waals surface area contributed by atoms with Crippen molar-refractivity contribution in [1.29, 1.82) is 0 Å². The smallest absolute Gasteiger partial charge is 0.187 e. The highest BCUT2D eigenvalue weighted by Crippen LogP contribution is 2.20. The van der Waals surface area contributed by atoms with Gasteiger partial charge in [-0.05, 0) is 13.8 Å². The number of nitrogen functional groups attached to an aromatic ring is 1. The van der Waals surface area contributed by atoms with Gasteiger partial charge in [-0.2, -0.15) is 5.10 Å². The lowest BCUT2D eigenvalue weighted by atomic mass is 10.3. The molecule has 0 saturated carbocycles. The number of aromatic nitrogens is 3. The maximum absolute atomic E-state index is 5.73. The second kappa shape index (κ2) is 3.17. The molecule has 0 saturated heterocycles. The number of aryl methyl sites for hydroxylation is 2. The first kappa shape index (κ1) is 8.80. The topological polar surface area (TPSA) is 69.9 Å². The zero-order chi connectivity index (χ0) is 10.1. The molecule has 0 fully saturated rings. The first-order valence-electron chi connectivity index (χ1n) is 4.47. The van der Waals surface area contributed by atoms with E-state index in [0.29, 0.717) is 11.6 Å². The highest BCUT2D eigenvalue weighted by atomic mass is 16.5. The third-order valence-electron chi connectivity index (χ3n) is 1.99. The molecule has 14 heavy (non-hydrogen) atoms. The number of nitrogens with two attached hydrogens (primary N) is 1. The van der Waals surface area contributed by atoms with Crippen molar-refractivity contribution in [3.05, 3.63) is 17.8 Å². The molecule has 0 unspecified atom stereocenters. The highest BCUT2D eigenvalue weighted by Gasteiger charge is 2.10. The summed E-state index contributed by atoms with van der Waals surface area (Å²) in [6.45, 7) is 4.60. The van der Waals surface area contributed by atoms with Gasteiger partial charge in [0.05, 0.1) is 5.69 Å². The maximum Gasteiger partial charge on any atom is 0.187 e. The van der Waals surface area contributed by atoms with Crippen LogP contribution in [0.15, 0.2) is 16.7 Å². The second-order valence-corrected chi connectivity index (χ2v) is 3.10. The van der Waals surface area contributed by atoms with E-state index in [4.69, 9.17) is 10.3 Å². The van der Waals surface area contributed by atoms with E-state index in [-0.39, 0.29) is 0 Å². The fourth-order valence-electron chi connectivity index (χ4n) is 1.29. The maximum atomic E-state index is 5.73. The summed E-state index contributed by atoms with van der Waals surface area (Å²) in [4.78, 5) is 0. The molecule has 5 heteroatoms. The van der Waals surface area contributed by atoms with Gasteiger partial charge >= 0.3 is 0 Å². The largest absolute Gasteiger partial charge is 0.384 e. The summed E-state index contributed by atoms with van der Waals surface area (Å²) < 4.78 is 6.80. The molecule has 0 aliphatic heterocycles. The molecule has 0 amide bonds. The predicted molar refractivity (Wildman–Crippen MR) is 52.5 cm³/mol.